The maximum absolute atomic E-state index is 2.80. The van der Waals surface area contributed by atoms with Crippen molar-refractivity contribution in [1.29, 1.82) is 0 Å². The summed E-state index contributed by atoms with van der Waals surface area (Å²) in [6.07, 6.45) is 6.89. The van der Waals surface area contributed by atoms with Crippen molar-refractivity contribution in [3.05, 3.63) is 35.4 Å². The minimum Gasteiger partial charge on any atom is -0.304 e. The second-order valence-electron chi connectivity index (χ2n) is 6.70. The molecule has 2 aliphatic rings. The Kier molecular flexibility index (Phi) is 4.13. The van der Waals surface area contributed by atoms with E-state index in [0.29, 0.717) is 5.54 Å². The molecule has 0 unspecified atom stereocenters. The smallest absolute Gasteiger partial charge is 0.0464 e. The highest BCUT2D eigenvalue weighted by atomic mass is 15.3. The molecule has 0 radical (unpaired) electrons. The zero-order valence-electron chi connectivity index (χ0n) is 13.1. The molecule has 1 aromatic carbocycles. The highest BCUT2D eigenvalue weighted by Crippen LogP contribution is 2.43. The van der Waals surface area contributed by atoms with E-state index in [0.717, 1.165) is 0 Å². The minimum absolute atomic E-state index is 0.324. The van der Waals surface area contributed by atoms with Crippen LogP contribution in [0, 0.1) is 6.92 Å². The minimum atomic E-state index is 0.324. The Labute approximate surface area is 123 Å². The number of aryl methyl sites for hydroxylation is 1. The van der Waals surface area contributed by atoms with Crippen LogP contribution in [-0.2, 0) is 5.54 Å². The number of rotatable bonds is 2. The van der Waals surface area contributed by atoms with Crippen molar-refractivity contribution in [1.82, 2.24) is 9.80 Å². The number of hydrogen-bond donors (Lipinski definition) is 0. The van der Waals surface area contributed by atoms with Gasteiger partial charge in [0.15, 0.2) is 0 Å². The van der Waals surface area contributed by atoms with Crippen molar-refractivity contribution < 1.29 is 0 Å². The fourth-order valence-corrected chi connectivity index (χ4v) is 4.22. The fraction of sp³-hybridized carbons (Fsp3) is 0.667. The van der Waals surface area contributed by atoms with Crippen molar-refractivity contribution in [2.45, 2.75) is 44.6 Å². The van der Waals surface area contributed by atoms with E-state index in [1.165, 1.54) is 63.8 Å². The topological polar surface area (TPSA) is 6.48 Å². The third-order valence-electron chi connectivity index (χ3n) is 5.44. The van der Waals surface area contributed by atoms with Gasteiger partial charge in [-0.1, -0.05) is 43.5 Å². The van der Waals surface area contributed by atoms with Crippen LogP contribution < -0.4 is 0 Å². The average Bonchev–Trinajstić information content (AvgIpc) is 2.49. The molecule has 0 aromatic heterocycles. The lowest BCUT2D eigenvalue weighted by Gasteiger charge is -2.50. The van der Waals surface area contributed by atoms with Crippen LogP contribution in [0.2, 0.25) is 0 Å². The number of hydrogen-bond acceptors (Lipinski definition) is 2. The lowest BCUT2D eigenvalue weighted by Crippen LogP contribution is -2.55. The molecule has 2 nitrogen and oxygen atoms in total. The molecule has 0 bridgehead atoms. The summed E-state index contributed by atoms with van der Waals surface area (Å²) in [6, 6.07) is 9.09. The molecular formula is C18H28N2. The molecule has 1 saturated heterocycles. The summed E-state index contributed by atoms with van der Waals surface area (Å²) in [6.45, 7) is 7.18. The third-order valence-corrected chi connectivity index (χ3v) is 5.44. The molecule has 0 amide bonds. The summed E-state index contributed by atoms with van der Waals surface area (Å²) in [4.78, 5) is 5.26. The summed E-state index contributed by atoms with van der Waals surface area (Å²) in [7, 11) is 2.25. The van der Waals surface area contributed by atoms with Crippen LogP contribution >= 0.6 is 0 Å². The fourth-order valence-electron chi connectivity index (χ4n) is 4.22. The summed E-state index contributed by atoms with van der Waals surface area (Å²) < 4.78 is 0. The van der Waals surface area contributed by atoms with Gasteiger partial charge in [0.1, 0.15) is 0 Å². The first kappa shape index (κ1) is 14.1. The van der Waals surface area contributed by atoms with E-state index in [-0.39, 0.29) is 0 Å². The number of piperazine rings is 1. The Morgan fingerprint density at radius 1 is 0.900 bits per heavy atom. The SMILES string of the molecule is Cc1ccccc1C1(N2CCN(C)CC2)CCCCC1. The molecule has 0 N–H and O–H groups in total. The van der Waals surface area contributed by atoms with Crippen molar-refractivity contribution in [3.8, 4) is 0 Å². The van der Waals surface area contributed by atoms with E-state index in [4.69, 9.17) is 0 Å². The lowest BCUT2D eigenvalue weighted by atomic mass is 9.73. The van der Waals surface area contributed by atoms with E-state index < -0.39 is 0 Å². The normalized spacial score (nSPS) is 24.7. The third kappa shape index (κ3) is 2.51. The molecule has 0 spiro atoms. The molecule has 1 aliphatic heterocycles. The monoisotopic (exact) mass is 272 g/mol. The van der Waals surface area contributed by atoms with Crippen LogP contribution in [0.25, 0.3) is 0 Å². The van der Waals surface area contributed by atoms with Gasteiger partial charge in [-0.2, -0.15) is 0 Å². The summed E-state index contributed by atoms with van der Waals surface area (Å²) in [5, 5.41) is 0. The lowest BCUT2D eigenvalue weighted by molar-refractivity contribution is 0.00981. The molecule has 1 heterocycles. The summed E-state index contributed by atoms with van der Waals surface area (Å²) in [5.41, 5.74) is 3.41. The predicted molar refractivity (Wildman–Crippen MR) is 85.0 cm³/mol. The second kappa shape index (κ2) is 5.87. The van der Waals surface area contributed by atoms with Gasteiger partial charge in [-0.3, -0.25) is 4.90 Å². The van der Waals surface area contributed by atoms with Crippen LogP contribution in [0.3, 0.4) is 0 Å². The Bertz CT molecular complexity index is 440. The first-order valence-electron chi connectivity index (χ1n) is 8.22. The molecule has 20 heavy (non-hydrogen) atoms. The Balaban J connectivity index is 1.94. The molecule has 2 fully saturated rings. The van der Waals surface area contributed by atoms with Crippen LogP contribution in [-0.4, -0.2) is 43.0 Å². The molecule has 110 valence electrons. The highest BCUT2D eigenvalue weighted by Gasteiger charge is 2.40. The van der Waals surface area contributed by atoms with Gasteiger partial charge in [-0.25, -0.2) is 0 Å². The molecule has 2 heteroatoms. The van der Waals surface area contributed by atoms with Crippen molar-refractivity contribution >= 4 is 0 Å². The highest BCUT2D eigenvalue weighted by molar-refractivity contribution is 5.33. The van der Waals surface area contributed by atoms with Crippen LogP contribution in [0.1, 0.15) is 43.2 Å². The predicted octanol–water partition coefficient (Wildman–Crippen LogP) is 3.40. The van der Waals surface area contributed by atoms with Gasteiger partial charge in [0.2, 0.25) is 0 Å². The molecule has 1 aromatic rings. The summed E-state index contributed by atoms with van der Waals surface area (Å²) >= 11 is 0. The zero-order chi connectivity index (χ0) is 14.0. The molecule has 0 atom stereocenters. The maximum Gasteiger partial charge on any atom is 0.0464 e. The van der Waals surface area contributed by atoms with E-state index in [1.807, 2.05) is 0 Å². The number of benzene rings is 1. The first-order chi connectivity index (χ1) is 9.72. The van der Waals surface area contributed by atoms with Gasteiger partial charge in [0.05, 0.1) is 0 Å². The van der Waals surface area contributed by atoms with E-state index >= 15 is 0 Å². The van der Waals surface area contributed by atoms with Gasteiger partial charge >= 0.3 is 0 Å². The Hall–Kier alpha value is -0.860. The van der Waals surface area contributed by atoms with E-state index in [1.54, 1.807) is 5.56 Å². The molecule has 3 rings (SSSR count). The van der Waals surface area contributed by atoms with Gasteiger partial charge in [0, 0.05) is 31.7 Å². The number of likely N-dealkylation sites (N-methyl/N-ethyl adjacent to an activating group) is 1. The number of nitrogens with zero attached hydrogens (tertiary/aromatic N) is 2. The quantitative estimate of drug-likeness (QED) is 0.814. The van der Waals surface area contributed by atoms with Crippen molar-refractivity contribution in [3.63, 3.8) is 0 Å². The molecule has 1 saturated carbocycles. The van der Waals surface area contributed by atoms with Crippen molar-refractivity contribution in [2.24, 2.45) is 0 Å². The largest absolute Gasteiger partial charge is 0.304 e. The van der Waals surface area contributed by atoms with Gasteiger partial charge in [-0.15, -0.1) is 0 Å². The van der Waals surface area contributed by atoms with Crippen LogP contribution in [0.15, 0.2) is 24.3 Å². The van der Waals surface area contributed by atoms with Gasteiger partial charge in [-0.05, 0) is 37.9 Å². The van der Waals surface area contributed by atoms with Gasteiger partial charge < -0.3 is 4.90 Å². The molecule has 1 aliphatic carbocycles. The standard InChI is InChI=1S/C18H28N2/c1-16-8-4-5-9-17(16)18(10-6-3-7-11-18)20-14-12-19(2)13-15-20/h4-5,8-9H,3,6-7,10-15H2,1-2H3. The Morgan fingerprint density at radius 2 is 1.55 bits per heavy atom. The second-order valence-corrected chi connectivity index (χ2v) is 6.70. The first-order valence-corrected chi connectivity index (χ1v) is 8.22. The Morgan fingerprint density at radius 3 is 2.20 bits per heavy atom. The molecular weight excluding hydrogens is 244 g/mol. The maximum atomic E-state index is 2.80. The summed E-state index contributed by atoms with van der Waals surface area (Å²) in [5.74, 6) is 0. The van der Waals surface area contributed by atoms with Crippen molar-refractivity contribution in [2.75, 3.05) is 33.2 Å². The van der Waals surface area contributed by atoms with Crippen LogP contribution in [0.5, 0.6) is 0 Å². The van der Waals surface area contributed by atoms with E-state index in [9.17, 15) is 0 Å². The van der Waals surface area contributed by atoms with Crippen LogP contribution in [0.4, 0.5) is 0 Å². The van der Waals surface area contributed by atoms with Gasteiger partial charge in [0.25, 0.3) is 0 Å². The average molecular weight is 272 g/mol. The zero-order valence-corrected chi connectivity index (χ0v) is 13.1. The van der Waals surface area contributed by atoms with E-state index in [2.05, 4.69) is 48.0 Å².